The van der Waals surface area contributed by atoms with Crippen LogP contribution in [0.15, 0.2) is 42.7 Å². The molecule has 0 aliphatic heterocycles. The largest absolute Gasteiger partial charge is 0.497 e. The van der Waals surface area contributed by atoms with E-state index in [1.165, 1.54) is 0 Å². The maximum atomic E-state index is 11.6. The molecule has 0 atom stereocenters. The Morgan fingerprint density at radius 2 is 1.79 bits per heavy atom. The second-order valence-electron chi connectivity index (χ2n) is 2.64. The van der Waals surface area contributed by atoms with Gasteiger partial charge in [0, 0.05) is 0 Å². The monoisotopic (exact) mass is 202 g/mol. The number of benzene rings is 1. The van der Waals surface area contributed by atoms with Gasteiger partial charge in [-0.15, -0.1) is 0 Å². The Balaban J connectivity index is 2.33. The SMILES string of the molecule is FC(F)(F)C=COCc1ccccc1. The van der Waals surface area contributed by atoms with Crippen molar-refractivity contribution in [3.8, 4) is 0 Å². The average molecular weight is 202 g/mol. The Bertz CT molecular complexity index is 290. The Morgan fingerprint density at radius 1 is 1.14 bits per heavy atom. The molecule has 0 radical (unpaired) electrons. The third-order valence-corrected chi connectivity index (χ3v) is 1.45. The van der Waals surface area contributed by atoms with Gasteiger partial charge < -0.3 is 4.74 Å². The maximum Gasteiger partial charge on any atom is 0.412 e. The zero-order valence-corrected chi connectivity index (χ0v) is 7.29. The smallest absolute Gasteiger partial charge is 0.412 e. The summed E-state index contributed by atoms with van der Waals surface area (Å²) in [6.45, 7) is 0.146. The highest BCUT2D eigenvalue weighted by molar-refractivity contribution is 5.13. The predicted molar refractivity (Wildman–Crippen MR) is 46.4 cm³/mol. The van der Waals surface area contributed by atoms with Gasteiger partial charge in [0.15, 0.2) is 0 Å². The molecule has 0 aromatic heterocycles. The molecule has 0 heterocycles. The standard InChI is InChI=1S/C10H9F3O/c11-10(12,13)6-7-14-8-9-4-2-1-3-5-9/h1-7H,8H2. The van der Waals surface area contributed by atoms with Gasteiger partial charge in [0.05, 0.1) is 12.3 Å². The van der Waals surface area contributed by atoms with Crippen LogP contribution in [0, 0.1) is 0 Å². The van der Waals surface area contributed by atoms with Crippen LogP contribution in [0.2, 0.25) is 0 Å². The van der Waals surface area contributed by atoms with Gasteiger partial charge in [-0.25, -0.2) is 0 Å². The molecule has 4 heteroatoms. The molecule has 0 unspecified atom stereocenters. The lowest BCUT2D eigenvalue weighted by Gasteiger charge is -2.01. The first-order valence-electron chi connectivity index (χ1n) is 3.98. The topological polar surface area (TPSA) is 9.23 Å². The van der Waals surface area contributed by atoms with E-state index in [1.54, 1.807) is 24.3 Å². The van der Waals surface area contributed by atoms with Crippen molar-refractivity contribution in [2.45, 2.75) is 12.8 Å². The third-order valence-electron chi connectivity index (χ3n) is 1.45. The molecule has 1 aromatic carbocycles. The lowest BCUT2D eigenvalue weighted by atomic mass is 10.2. The van der Waals surface area contributed by atoms with Crippen molar-refractivity contribution < 1.29 is 17.9 Å². The molecule has 1 aromatic rings. The molecule has 0 N–H and O–H groups in total. The van der Waals surface area contributed by atoms with Crippen molar-refractivity contribution >= 4 is 0 Å². The van der Waals surface area contributed by atoms with Crippen LogP contribution in [0.25, 0.3) is 0 Å². The third kappa shape index (κ3) is 4.54. The molecular weight excluding hydrogens is 193 g/mol. The molecule has 0 amide bonds. The molecule has 0 saturated carbocycles. The first-order chi connectivity index (χ1) is 6.58. The van der Waals surface area contributed by atoms with E-state index in [0.29, 0.717) is 6.26 Å². The zero-order valence-electron chi connectivity index (χ0n) is 7.29. The van der Waals surface area contributed by atoms with E-state index in [0.717, 1.165) is 5.56 Å². The lowest BCUT2D eigenvalue weighted by Crippen LogP contribution is -2.01. The van der Waals surface area contributed by atoms with Crippen LogP contribution < -0.4 is 0 Å². The number of allylic oxidation sites excluding steroid dienone is 1. The number of hydrogen-bond acceptors (Lipinski definition) is 1. The zero-order chi connectivity index (χ0) is 10.4. The number of rotatable bonds is 3. The van der Waals surface area contributed by atoms with Crippen LogP contribution in [0.1, 0.15) is 5.56 Å². The molecule has 0 spiro atoms. The van der Waals surface area contributed by atoms with E-state index >= 15 is 0 Å². The second-order valence-corrected chi connectivity index (χ2v) is 2.64. The van der Waals surface area contributed by atoms with E-state index in [4.69, 9.17) is 4.74 Å². The van der Waals surface area contributed by atoms with Gasteiger partial charge in [-0.05, 0) is 5.56 Å². The minimum Gasteiger partial charge on any atom is -0.497 e. The second kappa shape index (κ2) is 4.69. The Labute approximate surface area is 79.8 Å². The minimum absolute atomic E-state index is 0.0654. The fourth-order valence-electron chi connectivity index (χ4n) is 0.844. The Kier molecular flexibility index (Phi) is 3.56. The van der Waals surface area contributed by atoms with E-state index in [1.807, 2.05) is 6.07 Å². The highest BCUT2D eigenvalue weighted by Crippen LogP contribution is 2.15. The van der Waals surface area contributed by atoms with Gasteiger partial charge in [0.25, 0.3) is 0 Å². The number of alkyl halides is 3. The van der Waals surface area contributed by atoms with E-state index < -0.39 is 6.18 Å². The van der Waals surface area contributed by atoms with Crippen molar-refractivity contribution in [2.24, 2.45) is 0 Å². The lowest BCUT2D eigenvalue weighted by molar-refractivity contribution is -0.0817. The molecule has 14 heavy (non-hydrogen) atoms. The summed E-state index contributed by atoms with van der Waals surface area (Å²) in [5, 5.41) is 0. The van der Waals surface area contributed by atoms with Crippen LogP contribution in [-0.4, -0.2) is 6.18 Å². The molecule has 0 saturated heterocycles. The molecule has 0 bridgehead atoms. The van der Waals surface area contributed by atoms with Crippen molar-refractivity contribution in [3.63, 3.8) is 0 Å². The summed E-state index contributed by atoms with van der Waals surface area (Å²) in [7, 11) is 0. The Morgan fingerprint density at radius 3 is 2.36 bits per heavy atom. The molecule has 76 valence electrons. The highest BCUT2D eigenvalue weighted by atomic mass is 19.4. The van der Waals surface area contributed by atoms with Crippen LogP contribution in [-0.2, 0) is 11.3 Å². The summed E-state index contributed by atoms with van der Waals surface area (Å²) in [4.78, 5) is 0. The molecule has 0 aliphatic rings. The van der Waals surface area contributed by atoms with Crippen LogP contribution >= 0.6 is 0 Å². The quantitative estimate of drug-likeness (QED) is 0.683. The van der Waals surface area contributed by atoms with Crippen molar-refractivity contribution in [1.29, 1.82) is 0 Å². The molecule has 1 nitrogen and oxygen atoms in total. The highest BCUT2D eigenvalue weighted by Gasteiger charge is 2.22. The predicted octanol–water partition coefficient (Wildman–Crippen LogP) is 3.28. The van der Waals surface area contributed by atoms with E-state index in [9.17, 15) is 13.2 Å². The molecule has 0 aliphatic carbocycles. The fourth-order valence-corrected chi connectivity index (χ4v) is 0.844. The number of ether oxygens (including phenoxy) is 1. The van der Waals surface area contributed by atoms with Gasteiger partial charge in [-0.1, -0.05) is 30.3 Å². The molecular formula is C10H9F3O. The van der Waals surface area contributed by atoms with Crippen LogP contribution in [0.3, 0.4) is 0 Å². The maximum absolute atomic E-state index is 11.6. The summed E-state index contributed by atoms with van der Waals surface area (Å²) in [5.74, 6) is 0. The first-order valence-corrected chi connectivity index (χ1v) is 3.98. The Hall–Kier alpha value is -1.45. The minimum atomic E-state index is -4.31. The van der Waals surface area contributed by atoms with Crippen molar-refractivity contribution in [3.05, 3.63) is 48.2 Å². The summed E-state index contributed by atoms with van der Waals surface area (Å²) in [6.07, 6.45) is -3.58. The van der Waals surface area contributed by atoms with Gasteiger partial charge >= 0.3 is 6.18 Å². The normalized spacial score (nSPS) is 11.9. The summed E-state index contributed by atoms with van der Waals surface area (Å²) in [6, 6.07) is 8.98. The molecule has 1 rings (SSSR count). The summed E-state index contributed by atoms with van der Waals surface area (Å²) < 4.78 is 39.5. The fraction of sp³-hybridized carbons (Fsp3) is 0.200. The van der Waals surface area contributed by atoms with E-state index in [2.05, 4.69) is 0 Å². The van der Waals surface area contributed by atoms with Gasteiger partial charge in [0.2, 0.25) is 0 Å². The van der Waals surface area contributed by atoms with Gasteiger partial charge in [0.1, 0.15) is 6.61 Å². The van der Waals surface area contributed by atoms with E-state index in [-0.39, 0.29) is 12.7 Å². The number of halogens is 3. The van der Waals surface area contributed by atoms with Gasteiger partial charge in [-0.2, -0.15) is 13.2 Å². The van der Waals surface area contributed by atoms with Crippen molar-refractivity contribution in [1.82, 2.24) is 0 Å². The van der Waals surface area contributed by atoms with Crippen LogP contribution in [0.4, 0.5) is 13.2 Å². The molecule has 0 fully saturated rings. The first kappa shape index (κ1) is 10.6. The van der Waals surface area contributed by atoms with Crippen molar-refractivity contribution in [2.75, 3.05) is 0 Å². The van der Waals surface area contributed by atoms with Crippen LogP contribution in [0.5, 0.6) is 0 Å². The number of hydrogen-bond donors (Lipinski definition) is 0. The van der Waals surface area contributed by atoms with Gasteiger partial charge in [-0.3, -0.25) is 0 Å². The summed E-state index contributed by atoms with van der Waals surface area (Å²) in [5.41, 5.74) is 0.833. The summed E-state index contributed by atoms with van der Waals surface area (Å²) >= 11 is 0. The average Bonchev–Trinajstić information content (AvgIpc) is 2.13.